The SMILES string of the molecule is CCCC1CCC(N(Cc2ccc(Cl)cc2)c2nc(C#N)nc(NC(C)CCCN(CC)CC)n2)CC1. The number of aromatic nitrogens is 3. The number of hydrogen-bond acceptors (Lipinski definition) is 7. The Morgan fingerprint density at radius 3 is 2.38 bits per heavy atom. The average Bonchev–Trinajstić information content (AvgIpc) is 2.91. The van der Waals surface area contributed by atoms with Crippen LogP contribution in [0, 0.1) is 17.2 Å². The van der Waals surface area contributed by atoms with E-state index < -0.39 is 0 Å². The van der Waals surface area contributed by atoms with Crippen molar-refractivity contribution in [3.63, 3.8) is 0 Å². The van der Waals surface area contributed by atoms with Gasteiger partial charge in [0.2, 0.25) is 17.7 Å². The molecule has 202 valence electrons. The van der Waals surface area contributed by atoms with Crippen molar-refractivity contribution in [2.24, 2.45) is 5.92 Å². The Morgan fingerprint density at radius 2 is 1.76 bits per heavy atom. The average molecular weight is 526 g/mol. The predicted molar refractivity (Wildman–Crippen MR) is 153 cm³/mol. The van der Waals surface area contributed by atoms with E-state index in [-0.39, 0.29) is 11.9 Å². The van der Waals surface area contributed by atoms with Gasteiger partial charge >= 0.3 is 0 Å². The minimum atomic E-state index is 0.156. The summed E-state index contributed by atoms with van der Waals surface area (Å²) in [4.78, 5) is 18.5. The molecule has 1 atom stereocenters. The molecule has 1 saturated carbocycles. The molecule has 1 aromatic carbocycles. The van der Waals surface area contributed by atoms with Crippen molar-refractivity contribution >= 4 is 23.5 Å². The fourth-order valence-electron chi connectivity index (χ4n) is 5.36. The molecule has 3 rings (SSSR count). The van der Waals surface area contributed by atoms with Crippen LogP contribution in [-0.2, 0) is 6.54 Å². The molecule has 0 aliphatic heterocycles. The Hall–Kier alpha value is -2.43. The fourth-order valence-corrected chi connectivity index (χ4v) is 5.49. The molecule has 1 aromatic heterocycles. The summed E-state index contributed by atoms with van der Waals surface area (Å²) >= 11 is 6.14. The van der Waals surface area contributed by atoms with Crippen LogP contribution in [0.3, 0.4) is 0 Å². The van der Waals surface area contributed by atoms with E-state index in [1.165, 1.54) is 25.7 Å². The molecule has 8 heteroatoms. The van der Waals surface area contributed by atoms with Crippen LogP contribution in [0.1, 0.15) is 90.4 Å². The van der Waals surface area contributed by atoms with Gasteiger partial charge < -0.3 is 15.1 Å². The maximum absolute atomic E-state index is 9.71. The maximum Gasteiger partial charge on any atom is 0.238 e. The van der Waals surface area contributed by atoms with E-state index in [0.717, 1.165) is 61.8 Å². The molecule has 37 heavy (non-hydrogen) atoms. The van der Waals surface area contributed by atoms with Gasteiger partial charge in [0.05, 0.1) is 0 Å². The van der Waals surface area contributed by atoms with Crippen LogP contribution >= 0.6 is 11.6 Å². The van der Waals surface area contributed by atoms with Crippen molar-refractivity contribution in [3.8, 4) is 6.07 Å². The van der Waals surface area contributed by atoms with Gasteiger partial charge in [-0.05, 0) is 88.7 Å². The summed E-state index contributed by atoms with van der Waals surface area (Å²) in [5.41, 5.74) is 1.15. The first-order chi connectivity index (χ1) is 17.9. The van der Waals surface area contributed by atoms with Crippen LogP contribution in [0.15, 0.2) is 24.3 Å². The number of hydrogen-bond donors (Lipinski definition) is 1. The summed E-state index contributed by atoms with van der Waals surface area (Å²) in [6.07, 6.45) is 9.31. The first-order valence-corrected chi connectivity index (χ1v) is 14.5. The second kappa shape index (κ2) is 15.1. The maximum atomic E-state index is 9.71. The molecule has 0 bridgehead atoms. The van der Waals surface area contributed by atoms with E-state index in [9.17, 15) is 5.26 Å². The van der Waals surface area contributed by atoms with Gasteiger partial charge in [-0.2, -0.15) is 20.2 Å². The molecule has 0 spiro atoms. The summed E-state index contributed by atoms with van der Waals surface area (Å²) in [6, 6.07) is 10.6. The number of nitriles is 1. The van der Waals surface area contributed by atoms with Crippen LogP contribution in [0.4, 0.5) is 11.9 Å². The minimum absolute atomic E-state index is 0.156. The number of anilines is 2. The molecule has 1 unspecified atom stereocenters. The first-order valence-electron chi connectivity index (χ1n) is 14.1. The van der Waals surface area contributed by atoms with Gasteiger partial charge in [-0.15, -0.1) is 0 Å². The van der Waals surface area contributed by atoms with Crippen molar-refractivity contribution in [2.45, 2.75) is 97.7 Å². The number of benzene rings is 1. The third kappa shape index (κ3) is 9.12. The van der Waals surface area contributed by atoms with Crippen LogP contribution in [0.5, 0.6) is 0 Å². The molecule has 1 heterocycles. The molecule has 0 saturated heterocycles. The summed E-state index contributed by atoms with van der Waals surface area (Å²) in [7, 11) is 0. The fraction of sp³-hybridized carbons (Fsp3) is 0.655. The van der Waals surface area contributed by atoms with Gasteiger partial charge in [-0.25, -0.2) is 0 Å². The van der Waals surface area contributed by atoms with Crippen LogP contribution in [-0.4, -0.2) is 51.6 Å². The monoisotopic (exact) mass is 525 g/mol. The third-order valence-corrected chi connectivity index (χ3v) is 7.83. The Balaban J connectivity index is 1.79. The second-order valence-electron chi connectivity index (χ2n) is 10.3. The predicted octanol–water partition coefficient (Wildman–Crippen LogP) is 6.68. The van der Waals surface area contributed by atoms with Crippen molar-refractivity contribution in [1.29, 1.82) is 5.26 Å². The highest BCUT2D eigenvalue weighted by molar-refractivity contribution is 6.30. The molecular weight excluding hydrogens is 482 g/mol. The number of halogens is 1. The quantitative estimate of drug-likeness (QED) is 0.294. The van der Waals surface area contributed by atoms with Gasteiger partial charge in [0, 0.05) is 23.7 Å². The number of rotatable bonds is 14. The Labute approximate surface area is 228 Å². The highest BCUT2D eigenvalue weighted by Gasteiger charge is 2.28. The zero-order chi connectivity index (χ0) is 26.6. The van der Waals surface area contributed by atoms with Crippen LogP contribution in [0.2, 0.25) is 5.02 Å². The van der Waals surface area contributed by atoms with E-state index in [1.54, 1.807) is 0 Å². The standard InChI is InChI=1S/C29H44ClN7/c1-5-9-23-13-17-26(18-14-23)37(21-24-11-15-25(30)16-12-24)29-34-27(20-31)33-28(35-29)32-22(4)10-8-19-36(6-2)7-3/h11-12,15-16,22-23,26H,5-10,13-14,17-19,21H2,1-4H3,(H,32,33,34,35). The van der Waals surface area contributed by atoms with Crippen molar-refractivity contribution < 1.29 is 0 Å². The van der Waals surface area contributed by atoms with E-state index in [1.807, 2.05) is 12.1 Å². The highest BCUT2D eigenvalue weighted by atomic mass is 35.5. The molecular formula is C29H44ClN7. The molecule has 1 aliphatic rings. The lowest BCUT2D eigenvalue weighted by molar-refractivity contribution is 0.295. The summed E-state index contributed by atoms with van der Waals surface area (Å²) in [5.74, 6) is 2.03. The Bertz CT molecular complexity index is 979. The molecule has 2 aromatic rings. The van der Waals surface area contributed by atoms with Gasteiger partial charge in [0.15, 0.2) is 0 Å². The lowest BCUT2D eigenvalue weighted by atomic mass is 9.83. The normalized spacial score (nSPS) is 18.4. The van der Waals surface area contributed by atoms with Crippen LogP contribution in [0.25, 0.3) is 0 Å². The van der Waals surface area contributed by atoms with Gasteiger partial charge in [0.1, 0.15) is 6.07 Å². The summed E-state index contributed by atoms with van der Waals surface area (Å²) in [5, 5.41) is 13.9. The zero-order valence-electron chi connectivity index (χ0n) is 23.1. The second-order valence-corrected chi connectivity index (χ2v) is 10.8. The van der Waals surface area contributed by atoms with Crippen molar-refractivity contribution in [2.75, 3.05) is 29.9 Å². The number of nitrogens with one attached hydrogen (secondary N) is 1. The van der Waals surface area contributed by atoms with Crippen molar-refractivity contribution in [3.05, 3.63) is 40.7 Å². The Morgan fingerprint density at radius 1 is 1.05 bits per heavy atom. The topological polar surface area (TPSA) is 81.0 Å². The van der Waals surface area contributed by atoms with Gasteiger partial charge in [-0.3, -0.25) is 0 Å². The highest BCUT2D eigenvalue weighted by Crippen LogP contribution is 2.33. The molecule has 1 N–H and O–H groups in total. The molecule has 1 aliphatic carbocycles. The molecule has 0 radical (unpaired) electrons. The molecule has 7 nitrogen and oxygen atoms in total. The van der Waals surface area contributed by atoms with E-state index >= 15 is 0 Å². The molecule has 0 amide bonds. The van der Waals surface area contributed by atoms with Crippen LogP contribution < -0.4 is 10.2 Å². The largest absolute Gasteiger partial charge is 0.352 e. The third-order valence-electron chi connectivity index (χ3n) is 7.58. The lowest BCUT2D eigenvalue weighted by Gasteiger charge is -2.37. The lowest BCUT2D eigenvalue weighted by Crippen LogP contribution is -2.39. The van der Waals surface area contributed by atoms with E-state index in [2.05, 4.69) is 71.0 Å². The smallest absolute Gasteiger partial charge is 0.238 e. The minimum Gasteiger partial charge on any atom is -0.352 e. The summed E-state index contributed by atoms with van der Waals surface area (Å²) in [6.45, 7) is 12.7. The van der Waals surface area contributed by atoms with E-state index in [0.29, 0.717) is 24.5 Å². The Kier molecular flexibility index (Phi) is 11.9. The number of nitrogens with zero attached hydrogens (tertiary/aromatic N) is 6. The van der Waals surface area contributed by atoms with Gasteiger partial charge in [-0.1, -0.05) is 57.3 Å². The zero-order valence-corrected chi connectivity index (χ0v) is 23.8. The molecule has 1 fully saturated rings. The van der Waals surface area contributed by atoms with Crippen molar-refractivity contribution in [1.82, 2.24) is 19.9 Å². The van der Waals surface area contributed by atoms with E-state index in [4.69, 9.17) is 16.6 Å². The summed E-state index contributed by atoms with van der Waals surface area (Å²) < 4.78 is 0. The first kappa shape index (κ1) is 29.1. The van der Waals surface area contributed by atoms with Gasteiger partial charge in [0.25, 0.3) is 0 Å².